The van der Waals surface area contributed by atoms with Crippen molar-refractivity contribution < 1.29 is 17.9 Å². The highest BCUT2D eigenvalue weighted by molar-refractivity contribution is 7.90. The molecule has 0 aromatic heterocycles. The number of rotatable bonds is 7. The van der Waals surface area contributed by atoms with Crippen LogP contribution in [-0.2, 0) is 14.6 Å². The number of primary amides is 1. The fourth-order valence-electron chi connectivity index (χ4n) is 3.24. The lowest BCUT2D eigenvalue weighted by atomic mass is 9.92. The van der Waals surface area contributed by atoms with Crippen molar-refractivity contribution in [3.8, 4) is 11.5 Å². The number of nitrogens with zero attached hydrogens (tertiary/aromatic N) is 1. The zero-order chi connectivity index (χ0) is 24.3. The summed E-state index contributed by atoms with van der Waals surface area (Å²) in [7, 11) is -3.48. The molecular weight excluding hydrogens is 483 g/mol. The molecule has 0 aliphatic heterocycles. The van der Waals surface area contributed by atoms with Gasteiger partial charge in [-0.25, -0.2) is 8.42 Å². The van der Waals surface area contributed by atoms with E-state index in [9.17, 15) is 13.2 Å². The maximum absolute atomic E-state index is 12.1. The maximum Gasteiger partial charge on any atom is 0.244 e. The Balaban J connectivity index is 2.14. The van der Waals surface area contributed by atoms with Crippen molar-refractivity contribution >= 4 is 56.9 Å². The molecule has 0 bridgehead atoms. The standard InChI is InChI=1S/C24H20Cl2N2O4S/c1-14(24(27)29)22(20-8-5-9-21(26)23(20)28-2)15-6-4-7-17(10-15)32-18-11-16(25)12-19(13-18)33(3,30)31/h4-13H,2H2,1,3H3,(H2,27,29)/b22-14+. The minimum atomic E-state index is -3.48. The molecule has 6 nitrogen and oxygen atoms in total. The lowest BCUT2D eigenvalue weighted by molar-refractivity contribution is -0.114. The van der Waals surface area contributed by atoms with Crippen molar-refractivity contribution in [2.45, 2.75) is 11.8 Å². The number of benzene rings is 3. The fourth-order valence-corrected chi connectivity index (χ4v) is 4.43. The second-order valence-electron chi connectivity index (χ2n) is 7.18. The molecule has 0 aliphatic rings. The topological polar surface area (TPSA) is 98.8 Å². The van der Waals surface area contributed by atoms with Crippen LogP contribution in [0.15, 0.2) is 76.1 Å². The molecule has 3 aromatic carbocycles. The Morgan fingerprint density at radius 1 is 1.03 bits per heavy atom. The van der Waals surface area contributed by atoms with E-state index in [0.29, 0.717) is 38.7 Å². The summed E-state index contributed by atoms with van der Waals surface area (Å²) in [6.45, 7) is 5.19. The van der Waals surface area contributed by atoms with Crippen LogP contribution in [0.25, 0.3) is 5.57 Å². The lowest BCUT2D eigenvalue weighted by Gasteiger charge is -2.16. The van der Waals surface area contributed by atoms with Gasteiger partial charge in [-0.3, -0.25) is 9.79 Å². The average molecular weight is 503 g/mol. The number of sulfone groups is 1. The Kier molecular flexibility index (Phi) is 7.27. The van der Waals surface area contributed by atoms with Gasteiger partial charge in [0.1, 0.15) is 11.5 Å². The zero-order valence-corrected chi connectivity index (χ0v) is 20.1. The van der Waals surface area contributed by atoms with E-state index >= 15 is 0 Å². The molecule has 0 saturated carbocycles. The fraction of sp³-hybridized carbons (Fsp3) is 0.0833. The number of halogens is 2. The molecule has 0 unspecified atom stereocenters. The van der Waals surface area contributed by atoms with Gasteiger partial charge >= 0.3 is 0 Å². The Hall–Kier alpha value is -3.13. The van der Waals surface area contributed by atoms with Crippen molar-refractivity contribution in [1.29, 1.82) is 0 Å². The van der Waals surface area contributed by atoms with E-state index in [4.69, 9.17) is 33.7 Å². The molecule has 0 heterocycles. The number of hydrogen-bond donors (Lipinski definition) is 1. The van der Waals surface area contributed by atoms with Gasteiger partial charge in [-0.05, 0) is 61.2 Å². The highest BCUT2D eigenvalue weighted by Crippen LogP contribution is 2.39. The molecule has 3 aromatic rings. The number of aliphatic imine (C=N–C) groups is 1. The number of nitrogens with two attached hydrogens (primary N) is 1. The van der Waals surface area contributed by atoms with Gasteiger partial charge in [0.05, 0.1) is 15.6 Å². The van der Waals surface area contributed by atoms with Gasteiger partial charge < -0.3 is 10.5 Å². The quantitative estimate of drug-likeness (QED) is 0.324. The second-order valence-corrected chi connectivity index (χ2v) is 10.0. The average Bonchev–Trinajstić information content (AvgIpc) is 2.73. The Morgan fingerprint density at radius 2 is 1.73 bits per heavy atom. The van der Waals surface area contributed by atoms with Gasteiger partial charge in [0.15, 0.2) is 9.84 Å². The first kappa shape index (κ1) is 24.5. The SMILES string of the molecule is C=Nc1c(Cl)cccc1/C(=C(\C)C(N)=O)c1cccc(Oc2cc(Cl)cc(S(C)(=O)=O)c2)c1. The van der Waals surface area contributed by atoms with Crippen LogP contribution in [0.5, 0.6) is 11.5 Å². The number of ether oxygens (including phenoxy) is 1. The molecule has 0 radical (unpaired) electrons. The Morgan fingerprint density at radius 3 is 2.36 bits per heavy atom. The first-order chi connectivity index (χ1) is 15.5. The smallest absolute Gasteiger partial charge is 0.244 e. The Bertz CT molecular complexity index is 1400. The third kappa shape index (κ3) is 5.63. The molecule has 0 aliphatic carbocycles. The van der Waals surface area contributed by atoms with Gasteiger partial charge in [0.2, 0.25) is 5.91 Å². The summed E-state index contributed by atoms with van der Waals surface area (Å²) in [5.74, 6) is 0.0199. The molecule has 170 valence electrons. The predicted molar refractivity (Wildman–Crippen MR) is 133 cm³/mol. The molecule has 1 amide bonds. The monoisotopic (exact) mass is 502 g/mol. The van der Waals surface area contributed by atoms with Crippen LogP contribution in [0.2, 0.25) is 10.0 Å². The molecule has 0 spiro atoms. The third-order valence-corrected chi connectivity index (χ3v) is 6.41. The largest absolute Gasteiger partial charge is 0.457 e. The van der Waals surface area contributed by atoms with Crippen molar-refractivity contribution in [1.82, 2.24) is 0 Å². The molecular formula is C24H20Cl2N2O4S. The predicted octanol–water partition coefficient (Wildman–Crippen LogP) is 5.83. The number of amides is 1. The van der Waals surface area contributed by atoms with Gasteiger partial charge in [-0.1, -0.05) is 47.5 Å². The molecule has 0 saturated heterocycles. The molecule has 0 atom stereocenters. The van der Waals surface area contributed by atoms with Crippen LogP contribution in [0.3, 0.4) is 0 Å². The first-order valence-electron chi connectivity index (χ1n) is 9.56. The minimum absolute atomic E-state index is 0.0342. The van der Waals surface area contributed by atoms with Crippen LogP contribution in [-0.4, -0.2) is 27.3 Å². The van der Waals surface area contributed by atoms with E-state index in [1.54, 1.807) is 49.4 Å². The summed E-state index contributed by atoms with van der Waals surface area (Å²) in [6.07, 6.45) is 1.09. The van der Waals surface area contributed by atoms with Crippen LogP contribution in [0.4, 0.5) is 5.69 Å². The van der Waals surface area contributed by atoms with Crippen LogP contribution in [0, 0.1) is 0 Å². The molecule has 3 rings (SSSR count). The highest BCUT2D eigenvalue weighted by atomic mass is 35.5. The number of hydrogen-bond acceptors (Lipinski definition) is 5. The maximum atomic E-state index is 12.1. The number of para-hydroxylation sites is 1. The Labute approximate surface area is 202 Å². The third-order valence-electron chi connectivity index (χ3n) is 4.79. The van der Waals surface area contributed by atoms with Gasteiger partial charge in [0, 0.05) is 22.4 Å². The summed E-state index contributed by atoms with van der Waals surface area (Å²) in [5, 5.41) is 0.590. The van der Waals surface area contributed by atoms with E-state index < -0.39 is 15.7 Å². The second kappa shape index (κ2) is 9.79. The highest BCUT2D eigenvalue weighted by Gasteiger charge is 2.18. The summed E-state index contributed by atoms with van der Waals surface area (Å²) < 4.78 is 29.7. The van der Waals surface area contributed by atoms with Crippen molar-refractivity contribution in [2.75, 3.05) is 6.26 Å². The normalized spacial score (nSPS) is 12.1. The zero-order valence-electron chi connectivity index (χ0n) is 17.8. The van der Waals surface area contributed by atoms with E-state index in [1.807, 2.05) is 0 Å². The molecule has 33 heavy (non-hydrogen) atoms. The van der Waals surface area contributed by atoms with Crippen LogP contribution < -0.4 is 10.5 Å². The van der Waals surface area contributed by atoms with Crippen molar-refractivity contribution in [3.05, 3.63) is 87.4 Å². The molecule has 9 heteroatoms. The van der Waals surface area contributed by atoms with E-state index in [1.165, 1.54) is 18.2 Å². The molecule has 2 N–H and O–H groups in total. The van der Waals surface area contributed by atoms with Gasteiger partial charge in [0.25, 0.3) is 0 Å². The van der Waals surface area contributed by atoms with E-state index in [0.717, 1.165) is 6.26 Å². The van der Waals surface area contributed by atoms with Gasteiger partial charge in [-0.2, -0.15) is 0 Å². The lowest BCUT2D eigenvalue weighted by Crippen LogP contribution is -2.14. The summed E-state index contributed by atoms with van der Waals surface area (Å²) >= 11 is 12.4. The molecule has 0 fully saturated rings. The van der Waals surface area contributed by atoms with Crippen molar-refractivity contribution in [2.24, 2.45) is 10.7 Å². The van der Waals surface area contributed by atoms with Crippen molar-refractivity contribution in [3.63, 3.8) is 0 Å². The number of carbonyl (C=O) groups excluding carboxylic acids is 1. The summed E-state index contributed by atoms with van der Waals surface area (Å²) in [6, 6.07) is 16.3. The van der Waals surface area contributed by atoms with E-state index in [2.05, 4.69) is 11.7 Å². The summed E-state index contributed by atoms with van der Waals surface area (Å²) in [5.41, 5.74) is 8.01. The summed E-state index contributed by atoms with van der Waals surface area (Å²) in [4.78, 5) is 16.2. The first-order valence-corrected chi connectivity index (χ1v) is 12.2. The van der Waals surface area contributed by atoms with E-state index in [-0.39, 0.29) is 15.7 Å². The minimum Gasteiger partial charge on any atom is -0.457 e. The van der Waals surface area contributed by atoms with Crippen LogP contribution in [0.1, 0.15) is 18.1 Å². The van der Waals surface area contributed by atoms with Gasteiger partial charge in [-0.15, -0.1) is 0 Å². The van der Waals surface area contributed by atoms with Crippen LogP contribution >= 0.6 is 23.2 Å². The number of carbonyl (C=O) groups is 1.